The van der Waals surface area contributed by atoms with Gasteiger partial charge in [0.05, 0.1) is 7.11 Å². The van der Waals surface area contributed by atoms with Gasteiger partial charge >= 0.3 is 0 Å². The number of likely N-dealkylation sites (N-methyl/N-ethyl adjacent to an activating group) is 1. The summed E-state index contributed by atoms with van der Waals surface area (Å²) in [4.78, 5) is 7.59. The lowest BCUT2D eigenvalue weighted by atomic mass is 10.1. The molecular weight excluding hydrogens is 306 g/mol. The number of thiazole rings is 1. The number of rotatable bonds is 6. The molecule has 1 atom stereocenters. The number of methoxy groups -OCH3 is 1. The molecule has 1 aromatic carbocycles. The lowest BCUT2D eigenvalue weighted by Crippen LogP contribution is -2.30. The molecule has 1 unspecified atom stereocenters. The number of halogens is 1. The molecule has 1 heterocycles. The van der Waals surface area contributed by atoms with Crippen molar-refractivity contribution < 1.29 is 4.74 Å². The van der Waals surface area contributed by atoms with Crippen molar-refractivity contribution >= 4 is 28.9 Å². The molecule has 1 aromatic heterocycles. The van der Waals surface area contributed by atoms with Crippen molar-refractivity contribution in [1.29, 1.82) is 0 Å². The van der Waals surface area contributed by atoms with Crippen molar-refractivity contribution in [3.63, 3.8) is 0 Å². The van der Waals surface area contributed by atoms with E-state index in [2.05, 4.69) is 36.0 Å². The summed E-state index contributed by atoms with van der Waals surface area (Å²) < 4.78 is 5.40. The van der Waals surface area contributed by atoms with Gasteiger partial charge in [-0.1, -0.05) is 18.2 Å². The van der Waals surface area contributed by atoms with Crippen LogP contribution in [-0.2, 0) is 13.0 Å². The maximum atomic E-state index is 5.66. The second kappa shape index (κ2) is 8.22. The van der Waals surface area contributed by atoms with Gasteiger partial charge in [-0.2, -0.15) is 0 Å². The van der Waals surface area contributed by atoms with Gasteiger partial charge in [-0.05, 0) is 32.0 Å². The highest BCUT2D eigenvalue weighted by Gasteiger charge is 2.14. The van der Waals surface area contributed by atoms with E-state index in [0.29, 0.717) is 11.2 Å². The molecule has 0 saturated heterocycles. The Labute approximate surface area is 136 Å². The number of benzene rings is 1. The summed E-state index contributed by atoms with van der Waals surface area (Å²) in [6.45, 7) is 3.09. The Bertz CT molecular complexity index is 561. The highest BCUT2D eigenvalue weighted by Crippen LogP contribution is 2.22. The number of anilines is 1. The minimum absolute atomic E-state index is 0. The van der Waals surface area contributed by atoms with Gasteiger partial charge in [-0.15, -0.1) is 23.7 Å². The monoisotopic (exact) mass is 327 g/mol. The van der Waals surface area contributed by atoms with Crippen LogP contribution < -0.4 is 10.5 Å². The molecule has 4 nitrogen and oxygen atoms in total. The number of nitrogens with zero attached hydrogens (tertiary/aromatic N) is 2. The van der Waals surface area contributed by atoms with Crippen molar-refractivity contribution in [2.24, 2.45) is 0 Å². The fourth-order valence-corrected chi connectivity index (χ4v) is 2.89. The molecule has 0 radical (unpaired) electrons. The molecule has 0 bridgehead atoms. The molecule has 0 aliphatic rings. The first-order valence-corrected chi connectivity index (χ1v) is 7.44. The zero-order chi connectivity index (χ0) is 14.5. The molecule has 21 heavy (non-hydrogen) atoms. The summed E-state index contributed by atoms with van der Waals surface area (Å²) in [6, 6.07) is 8.58. The maximum absolute atomic E-state index is 5.66. The second-order valence-corrected chi connectivity index (χ2v) is 6.09. The first-order chi connectivity index (χ1) is 9.60. The lowest BCUT2D eigenvalue weighted by Gasteiger charge is -2.24. The Morgan fingerprint density at radius 2 is 2.10 bits per heavy atom. The van der Waals surface area contributed by atoms with Crippen LogP contribution in [0.2, 0.25) is 0 Å². The Kier molecular flexibility index (Phi) is 6.95. The SMILES string of the molecule is COc1ccccc1CC(C)N(C)Cc1cnc(N)s1.Cl. The number of nitrogen functional groups attached to an aromatic ring is 1. The summed E-state index contributed by atoms with van der Waals surface area (Å²) in [6.07, 6.45) is 2.81. The summed E-state index contributed by atoms with van der Waals surface area (Å²) in [5, 5.41) is 0.630. The van der Waals surface area contributed by atoms with E-state index in [1.807, 2.05) is 18.3 Å². The molecule has 2 aromatic rings. The molecule has 0 aliphatic heterocycles. The van der Waals surface area contributed by atoms with Gasteiger partial charge in [-0.25, -0.2) is 4.98 Å². The molecule has 6 heteroatoms. The van der Waals surface area contributed by atoms with E-state index in [9.17, 15) is 0 Å². The van der Waals surface area contributed by atoms with E-state index in [-0.39, 0.29) is 12.4 Å². The Balaban J connectivity index is 0.00000220. The zero-order valence-electron chi connectivity index (χ0n) is 12.6. The van der Waals surface area contributed by atoms with Crippen molar-refractivity contribution in [3.8, 4) is 5.75 Å². The largest absolute Gasteiger partial charge is 0.496 e. The Hall–Kier alpha value is -1.30. The van der Waals surface area contributed by atoms with Crippen LogP contribution in [0.4, 0.5) is 5.13 Å². The molecule has 116 valence electrons. The minimum atomic E-state index is 0. The molecule has 0 spiro atoms. The highest BCUT2D eigenvalue weighted by molar-refractivity contribution is 7.15. The van der Waals surface area contributed by atoms with Crippen LogP contribution in [-0.4, -0.2) is 30.1 Å². The van der Waals surface area contributed by atoms with E-state index in [4.69, 9.17) is 10.5 Å². The van der Waals surface area contributed by atoms with Gasteiger partial charge in [-0.3, -0.25) is 4.90 Å². The zero-order valence-corrected chi connectivity index (χ0v) is 14.2. The van der Waals surface area contributed by atoms with Gasteiger partial charge in [0.15, 0.2) is 5.13 Å². The van der Waals surface area contributed by atoms with Crippen molar-refractivity contribution in [2.75, 3.05) is 19.9 Å². The van der Waals surface area contributed by atoms with Crippen LogP contribution in [0.3, 0.4) is 0 Å². The maximum Gasteiger partial charge on any atom is 0.180 e. The van der Waals surface area contributed by atoms with E-state index in [0.717, 1.165) is 18.7 Å². The summed E-state index contributed by atoms with van der Waals surface area (Å²) in [5.74, 6) is 0.954. The van der Waals surface area contributed by atoms with E-state index in [1.54, 1.807) is 18.4 Å². The number of hydrogen-bond donors (Lipinski definition) is 1. The second-order valence-electron chi connectivity index (χ2n) is 4.94. The number of aromatic nitrogens is 1. The predicted molar refractivity (Wildman–Crippen MR) is 91.4 cm³/mol. The number of para-hydroxylation sites is 1. The number of hydrogen-bond acceptors (Lipinski definition) is 5. The Morgan fingerprint density at radius 3 is 2.71 bits per heavy atom. The summed E-state index contributed by atoms with van der Waals surface area (Å²) >= 11 is 1.55. The first kappa shape index (κ1) is 17.8. The van der Waals surface area contributed by atoms with E-state index in [1.165, 1.54) is 10.4 Å². The molecule has 0 amide bonds. The third-order valence-electron chi connectivity index (χ3n) is 3.44. The third kappa shape index (κ3) is 4.88. The van der Waals surface area contributed by atoms with Gasteiger partial charge < -0.3 is 10.5 Å². The highest BCUT2D eigenvalue weighted by atomic mass is 35.5. The van der Waals surface area contributed by atoms with Crippen molar-refractivity contribution in [3.05, 3.63) is 40.9 Å². The van der Waals surface area contributed by atoms with Gasteiger partial charge in [0.1, 0.15) is 5.75 Å². The average Bonchev–Trinajstić information content (AvgIpc) is 2.84. The van der Waals surface area contributed by atoms with Crippen LogP contribution in [0.1, 0.15) is 17.4 Å². The van der Waals surface area contributed by atoms with Crippen LogP contribution in [0, 0.1) is 0 Å². The number of ether oxygens (including phenoxy) is 1. The van der Waals surface area contributed by atoms with Gasteiger partial charge in [0.2, 0.25) is 0 Å². The average molecular weight is 328 g/mol. The minimum Gasteiger partial charge on any atom is -0.496 e. The van der Waals surface area contributed by atoms with Crippen LogP contribution in [0.25, 0.3) is 0 Å². The number of nitrogens with two attached hydrogens (primary N) is 1. The van der Waals surface area contributed by atoms with Crippen LogP contribution in [0.15, 0.2) is 30.5 Å². The fourth-order valence-electron chi connectivity index (χ4n) is 2.14. The first-order valence-electron chi connectivity index (χ1n) is 6.62. The van der Waals surface area contributed by atoms with E-state index >= 15 is 0 Å². The van der Waals surface area contributed by atoms with Crippen molar-refractivity contribution in [2.45, 2.75) is 25.9 Å². The standard InChI is InChI=1S/C15H21N3OS.ClH/c1-11(8-12-6-4-5-7-14(12)19-3)18(2)10-13-9-17-15(16)20-13;/h4-7,9,11H,8,10H2,1-3H3,(H2,16,17);1H. The fraction of sp³-hybridized carbons (Fsp3) is 0.400. The van der Waals surface area contributed by atoms with Crippen molar-refractivity contribution in [1.82, 2.24) is 9.88 Å². The molecule has 0 saturated carbocycles. The molecule has 2 rings (SSSR count). The lowest BCUT2D eigenvalue weighted by molar-refractivity contribution is 0.248. The molecule has 0 fully saturated rings. The van der Waals surface area contributed by atoms with Gasteiger partial charge in [0, 0.05) is 23.7 Å². The molecule has 0 aliphatic carbocycles. The van der Waals surface area contributed by atoms with Crippen LogP contribution in [0.5, 0.6) is 5.75 Å². The molecule has 2 N–H and O–H groups in total. The van der Waals surface area contributed by atoms with Gasteiger partial charge in [0.25, 0.3) is 0 Å². The predicted octanol–water partition coefficient (Wildman–Crippen LogP) is 3.22. The normalized spacial score (nSPS) is 12.0. The quantitative estimate of drug-likeness (QED) is 0.885. The summed E-state index contributed by atoms with van der Waals surface area (Å²) in [7, 11) is 3.84. The summed E-state index contributed by atoms with van der Waals surface area (Å²) in [5.41, 5.74) is 6.90. The Morgan fingerprint density at radius 1 is 1.38 bits per heavy atom. The van der Waals surface area contributed by atoms with E-state index < -0.39 is 0 Å². The van der Waals surface area contributed by atoms with Crippen LogP contribution >= 0.6 is 23.7 Å². The topological polar surface area (TPSA) is 51.4 Å². The smallest absolute Gasteiger partial charge is 0.180 e. The molecular formula is C15H22ClN3OS. The third-order valence-corrected chi connectivity index (χ3v) is 4.25.